The molecule has 0 heterocycles. The van der Waals surface area contributed by atoms with Gasteiger partial charge in [0.2, 0.25) is 0 Å². The van der Waals surface area contributed by atoms with Crippen LogP contribution in [0.4, 0.5) is 10.1 Å². The molecule has 1 aromatic carbocycles. The summed E-state index contributed by atoms with van der Waals surface area (Å²) in [5.41, 5.74) is 2.18. The van der Waals surface area contributed by atoms with Crippen LogP contribution in [0.2, 0.25) is 0 Å². The lowest BCUT2D eigenvalue weighted by Gasteiger charge is -2.30. The van der Waals surface area contributed by atoms with E-state index in [4.69, 9.17) is 0 Å². The Morgan fingerprint density at radius 3 is 2.48 bits per heavy atom. The second-order valence-electron chi connectivity index (χ2n) is 6.20. The van der Waals surface area contributed by atoms with Crippen LogP contribution >= 0.6 is 0 Å². The molecule has 0 saturated heterocycles. The maximum absolute atomic E-state index is 13.6. The van der Waals surface area contributed by atoms with Gasteiger partial charge in [0.15, 0.2) is 0 Å². The van der Waals surface area contributed by atoms with E-state index in [-0.39, 0.29) is 5.82 Å². The lowest BCUT2D eigenvalue weighted by Crippen LogP contribution is -2.35. The van der Waals surface area contributed by atoms with Crippen LogP contribution in [-0.2, 0) is 6.54 Å². The Kier molecular flexibility index (Phi) is 7.68. The molecule has 4 heteroatoms. The van der Waals surface area contributed by atoms with E-state index in [0.29, 0.717) is 12.5 Å². The van der Waals surface area contributed by atoms with E-state index in [2.05, 4.69) is 50.0 Å². The molecule has 0 unspecified atom stereocenters. The van der Waals surface area contributed by atoms with Gasteiger partial charge in [-0.2, -0.15) is 0 Å². The van der Waals surface area contributed by atoms with Gasteiger partial charge in [-0.1, -0.05) is 20.8 Å². The summed E-state index contributed by atoms with van der Waals surface area (Å²) in [6, 6.07) is 5.13. The van der Waals surface area contributed by atoms with Crippen molar-refractivity contribution >= 4 is 5.69 Å². The molecular weight excluding hydrogens is 265 g/mol. The Morgan fingerprint density at radius 1 is 1.19 bits per heavy atom. The zero-order valence-electron chi connectivity index (χ0n) is 14.1. The van der Waals surface area contributed by atoms with Crippen molar-refractivity contribution in [3.8, 4) is 0 Å². The van der Waals surface area contributed by atoms with Gasteiger partial charge >= 0.3 is 0 Å². The van der Waals surface area contributed by atoms with Crippen molar-refractivity contribution in [3.63, 3.8) is 0 Å². The van der Waals surface area contributed by atoms with Crippen molar-refractivity contribution in [2.75, 3.05) is 45.2 Å². The Bertz CT molecular complexity index is 418. The fourth-order valence-corrected chi connectivity index (χ4v) is 2.34. The molecule has 0 aliphatic heterocycles. The van der Waals surface area contributed by atoms with E-state index in [9.17, 15) is 4.39 Å². The average molecular weight is 295 g/mol. The van der Waals surface area contributed by atoms with E-state index >= 15 is 0 Å². The van der Waals surface area contributed by atoms with Crippen LogP contribution in [0.25, 0.3) is 0 Å². The first-order valence-corrected chi connectivity index (χ1v) is 7.82. The van der Waals surface area contributed by atoms with Gasteiger partial charge in [-0.25, -0.2) is 4.39 Å². The van der Waals surface area contributed by atoms with Crippen molar-refractivity contribution in [1.82, 2.24) is 10.2 Å². The molecule has 0 amide bonds. The predicted octanol–water partition coefficient (Wildman–Crippen LogP) is 2.96. The first kappa shape index (κ1) is 17.9. The maximum Gasteiger partial charge on any atom is 0.123 e. The molecule has 0 saturated carbocycles. The van der Waals surface area contributed by atoms with Gasteiger partial charge in [-0.15, -0.1) is 0 Å². The molecule has 1 rings (SSSR count). The third kappa shape index (κ3) is 6.44. The molecule has 120 valence electrons. The molecule has 0 spiro atoms. The number of nitrogens with one attached hydrogen (secondary N) is 1. The molecule has 21 heavy (non-hydrogen) atoms. The van der Waals surface area contributed by atoms with Crippen molar-refractivity contribution in [2.45, 2.75) is 27.3 Å². The number of benzene rings is 1. The third-order valence-corrected chi connectivity index (χ3v) is 3.35. The average Bonchev–Trinajstić information content (AvgIpc) is 2.41. The first-order chi connectivity index (χ1) is 9.93. The minimum Gasteiger partial charge on any atom is -0.370 e. The molecule has 1 aromatic rings. The van der Waals surface area contributed by atoms with Gasteiger partial charge in [-0.05, 0) is 50.3 Å². The number of halogens is 1. The summed E-state index contributed by atoms with van der Waals surface area (Å²) >= 11 is 0. The molecule has 3 nitrogen and oxygen atoms in total. The topological polar surface area (TPSA) is 18.5 Å². The summed E-state index contributed by atoms with van der Waals surface area (Å²) < 4.78 is 13.6. The SMILES string of the molecule is CCNCc1cc(F)ccc1N(CCN(C)C)CC(C)C. The monoisotopic (exact) mass is 295 g/mol. The third-order valence-electron chi connectivity index (χ3n) is 3.35. The highest BCUT2D eigenvalue weighted by Crippen LogP contribution is 2.23. The van der Waals surface area contributed by atoms with Crippen LogP contribution in [0, 0.1) is 11.7 Å². The van der Waals surface area contributed by atoms with Crippen LogP contribution in [0.5, 0.6) is 0 Å². The summed E-state index contributed by atoms with van der Waals surface area (Å²) in [5, 5.41) is 3.30. The van der Waals surface area contributed by atoms with E-state index in [1.165, 1.54) is 0 Å². The first-order valence-electron chi connectivity index (χ1n) is 7.82. The van der Waals surface area contributed by atoms with Gasteiger partial charge in [0.1, 0.15) is 5.82 Å². The van der Waals surface area contributed by atoms with E-state index in [1.807, 2.05) is 6.07 Å². The second kappa shape index (κ2) is 9.00. The predicted molar refractivity (Wildman–Crippen MR) is 89.4 cm³/mol. The molecule has 0 aromatic heterocycles. The number of anilines is 1. The normalized spacial score (nSPS) is 11.4. The summed E-state index contributed by atoms with van der Waals surface area (Å²) in [6.45, 7) is 11.0. The Morgan fingerprint density at radius 2 is 1.90 bits per heavy atom. The number of hydrogen-bond donors (Lipinski definition) is 1. The fraction of sp³-hybridized carbons (Fsp3) is 0.647. The lowest BCUT2D eigenvalue weighted by atomic mass is 10.1. The van der Waals surface area contributed by atoms with Crippen LogP contribution < -0.4 is 10.2 Å². The molecule has 0 aliphatic rings. The summed E-state index contributed by atoms with van der Waals surface area (Å²) in [5.74, 6) is 0.410. The quantitative estimate of drug-likeness (QED) is 0.755. The Balaban J connectivity index is 2.97. The summed E-state index contributed by atoms with van der Waals surface area (Å²) in [6.07, 6.45) is 0. The fourth-order valence-electron chi connectivity index (χ4n) is 2.34. The molecular formula is C17H30FN3. The van der Waals surface area contributed by atoms with Crippen LogP contribution in [-0.4, -0.2) is 45.2 Å². The minimum absolute atomic E-state index is 0.163. The standard InChI is InChI=1S/C17H30FN3/c1-6-19-12-15-11-16(18)7-8-17(15)21(13-14(2)3)10-9-20(4)5/h7-8,11,14,19H,6,9-10,12-13H2,1-5H3. The van der Waals surface area contributed by atoms with Gasteiger partial charge in [0, 0.05) is 31.9 Å². The van der Waals surface area contributed by atoms with Crippen LogP contribution in [0.15, 0.2) is 18.2 Å². The molecule has 0 bridgehead atoms. The zero-order chi connectivity index (χ0) is 15.8. The van der Waals surface area contributed by atoms with Gasteiger partial charge in [0.05, 0.1) is 0 Å². The highest BCUT2D eigenvalue weighted by molar-refractivity contribution is 5.54. The molecule has 1 N–H and O–H groups in total. The van der Waals surface area contributed by atoms with Gasteiger partial charge in [0.25, 0.3) is 0 Å². The Hall–Kier alpha value is -1.13. The maximum atomic E-state index is 13.6. The van der Waals surface area contributed by atoms with Crippen molar-refractivity contribution < 1.29 is 4.39 Å². The number of nitrogens with zero attached hydrogens (tertiary/aromatic N) is 2. The lowest BCUT2D eigenvalue weighted by molar-refractivity contribution is 0.408. The smallest absolute Gasteiger partial charge is 0.123 e. The van der Waals surface area contributed by atoms with Crippen LogP contribution in [0.3, 0.4) is 0 Å². The summed E-state index contributed by atoms with van der Waals surface area (Å²) in [4.78, 5) is 4.55. The second-order valence-corrected chi connectivity index (χ2v) is 6.20. The summed E-state index contributed by atoms with van der Waals surface area (Å²) in [7, 11) is 4.16. The van der Waals surface area contributed by atoms with Crippen molar-refractivity contribution in [2.24, 2.45) is 5.92 Å². The number of likely N-dealkylation sites (N-methyl/N-ethyl adjacent to an activating group) is 1. The van der Waals surface area contributed by atoms with E-state index in [1.54, 1.807) is 12.1 Å². The molecule has 0 atom stereocenters. The minimum atomic E-state index is -0.163. The number of hydrogen-bond acceptors (Lipinski definition) is 3. The number of rotatable bonds is 9. The highest BCUT2D eigenvalue weighted by Gasteiger charge is 2.13. The van der Waals surface area contributed by atoms with Crippen molar-refractivity contribution in [3.05, 3.63) is 29.6 Å². The zero-order valence-corrected chi connectivity index (χ0v) is 14.1. The van der Waals surface area contributed by atoms with E-state index < -0.39 is 0 Å². The molecule has 0 aliphatic carbocycles. The van der Waals surface area contributed by atoms with Gasteiger partial charge in [-0.3, -0.25) is 0 Å². The Labute approximate surface area is 129 Å². The van der Waals surface area contributed by atoms with E-state index in [0.717, 1.165) is 37.4 Å². The van der Waals surface area contributed by atoms with Crippen LogP contribution in [0.1, 0.15) is 26.3 Å². The van der Waals surface area contributed by atoms with Crippen molar-refractivity contribution in [1.29, 1.82) is 0 Å². The molecule has 0 radical (unpaired) electrons. The highest BCUT2D eigenvalue weighted by atomic mass is 19.1. The molecule has 0 fully saturated rings. The van der Waals surface area contributed by atoms with Gasteiger partial charge < -0.3 is 15.1 Å². The largest absolute Gasteiger partial charge is 0.370 e.